The molecule has 12 aromatic rings. The zero-order valence-electron chi connectivity index (χ0n) is 63.4. The van der Waals surface area contributed by atoms with Crippen molar-refractivity contribution in [3.63, 3.8) is 0 Å². The Balaban J connectivity index is 0.000000523. The van der Waals surface area contributed by atoms with E-state index in [1.165, 1.54) is 106 Å². The monoisotopic (exact) mass is 1250 g/mol. The number of aliphatic imine (C=N–C) groups is 1. The number of fused-ring (bicyclic) bond motifs is 6. The van der Waals surface area contributed by atoms with Crippen LogP contribution in [-0.4, -0.2) is 69.6 Å². The molecular formula is C79H119N13. The molecule has 10 aromatic heterocycles. The third-order valence-corrected chi connectivity index (χ3v) is 15.8. The van der Waals surface area contributed by atoms with Crippen LogP contribution >= 0.6 is 0 Å². The van der Waals surface area contributed by atoms with Gasteiger partial charge in [0.2, 0.25) is 0 Å². The van der Waals surface area contributed by atoms with Gasteiger partial charge in [0.1, 0.15) is 11.6 Å². The Morgan fingerprint density at radius 2 is 0.717 bits per heavy atom. The molecule has 0 radical (unpaired) electrons. The highest BCUT2D eigenvalue weighted by molar-refractivity contribution is 6.00. The molecular weight excluding hydrogens is 1130 g/mol. The first-order valence-electron chi connectivity index (χ1n) is 33.4. The summed E-state index contributed by atoms with van der Waals surface area (Å²) in [4.78, 5) is 30.0. The molecule has 0 atom stereocenters. The minimum Gasteiger partial charge on any atom is -0.348 e. The van der Waals surface area contributed by atoms with Crippen molar-refractivity contribution in [3.8, 4) is 0 Å². The summed E-state index contributed by atoms with van der Waals surface area (Å²) in [6, 6.07) is 27.4. The van der Waals surface area contributed by atoms with Crippen LogP contribution in [-0.2, 0) is 42.3 Å². The summed E-state index contributed by atoms with van der Waals surface area (Å²) in [5.41, 5.74) is 27.2. The molecule has 1 aliphatic rings. The summed E-state index contributed by atoms with van der Waals surface area (Å²) < 4.78 is 13.0. The van der Waals surface area contributed by atoms with Crippen LogP contribution < -0.4 is 0 Å². The number of nitrogens with zero attached hydrogens (tertiary/aromatic N) is 13. The lowest BCUT2D eigenvalue weighted by atomic mass is 10.1. The fourth-order valence-electron chi connectivity index (χ4n) is 10.4. The Morgan fingerprint density at radius 1 is 0.326 bits per heavy atom. The number of hydrogen-bond donors (Lipinski definition) is 0. The second kappa shape index (κ2) is 40.4. The number of hydrogen-bond acceptors (Lipinski definition) is 7. The number of aromatic nitrogens is 12. The molecule has 0 amide bonds. The third-order valence-electron chi connectivity index (χ3n) is 15.8. The van der Waals surface area contributed by atoms with E-state index in [4.69, 9.17) is 0 Å². The number of allylic oxidation sites excluding steroid dienone is 1. The van der Waals surface area contributed by atoms with Gasteiger partial charge >= 0.3 is 0 Å². The maximum atomic E-state index is 4.44. The Hall–Kier alpha value is -8.45. The second-order valence-corrected chi connectivity index (χ2v) is 21.4. The van der Waals surface area contributed by atoms with E-state index < -0.39 is 0 Å². The van der Waals surface area contributed by atoms with Crippen LogP contribution in [0.5, 0.6) is 0 Å². The largest absolute Gasteiger partial charge is 0.348 e. The lowest BCUT2D eigenvalue weighted by Gasteiger charge is -2.01. The van der Waals surface area contributed by atoms with Gasteiger partial charge in [-0.2, -0.15) is 0 Å². The van der Waals surface area contributed by atoms with Crippen molar-refractivity contribution < 1.29 is 0 Å². The maximum Gasteiger partial charge on any atom is 0.106 e. The summed E-state index contributed by atoms with van der Waals surface area (Å²) in [5.74, 6) is 2.10. The van der Waals surface area contributed by atoms with Crippen molar-refractivity contribution in [1.29, 1.82) is 0 Å². The standard InChI is InChI=1S/C11H13N.4C10H12N2.C9H11N3.C7H11N.6C2H6/c1-8-5-4-6-10-7-9(2)12(3)11(8)10;1-7-5-11-6-9-4-8(2)12(3)10(7)9;1-7-6-9-4-5-11-8(2)10(9)12(7)3;1-7-4-5-11-9-6-8(2)12(3)10(7)9;1-7-5-4-6-9-10(7)12(3)8(2)11-9;1-6-9-8(4-5-10-6)11-7(2)12(9)3;1-5-4-8-7(3)6(5)2;6*1-2/h4-7H,1-3H3;4*4-6H,1-3H3;4-5H,1-3H3;4H2,1-3H3;6*1-2H3. The molecule has 0 saturated carbocycles. The van der Waals surface area contributed by atoms with Gasteiger partial charge in [0.15, 0.2) is 0 Å². The van der Waals surface area contributed by atoms with Crippen LogP contribution in [0.4, 0.5) is 0 Å². The average molecular weight is 1250 g/mol. The molecule has 13 nitrogen and oxygen atoms in total. The zero-order chi connectivity index (χ0) is 70.4. The van der Waals surface area contributed by atoms with Crippen LogP contribution in [0.2, 0.25) is 0 Å². The Bertz CT molecular complexity index is 3580. The first kappa shape index (κ1) is 81.6. The van der Waals surface area contributed by atoms with E-state index >= 15 is 0 Å². The minimum atomic E-state index is 0.928. The van der Waals surface area contributed by atoms with Crippen LogP contribution in [0, 0.1) is 83.1 Å². The molecule has 1 aliphatic heterocycles. The Kier molecular flexibility index (Phi) is 35.8. The molecule has 0 fully saturated rings. The average Bonchev–Trinajstić information content (AvgIpc) is 2.02. The van der Waals surface area contributed by atoms with Crippen LogP contribution in [0.1, 0.15) is 172 Å². The predicted octanol–water partition coefficient (Wildman–Crippen LogP) is 21.1. The number of para-hydroxylation sites is 2. The molecule has 0 spiro atoms. The lowest BCUT2D eigenvalue weighted by Crippen LogP contribution is -1.93. The van der Waals surface area contributed by atoms with Crippen molar-refractivity contribution >= 4 is 71.5 Å². The first-order chi connectivity index (χ1) is 43.9. The fourth-order valence-corrected chi connectivity index (χ4v) is 10.4. The van der Waals surface area contributed by atoms with Gasteiger partial charge < -0.3 is 27.4 Å². The summed E-state index contributed by atoms with van der Waals surface area (Å²) in [6.45, 7) is 56.3. The summed E-state index contributed by atoms with van der Waals surface area (Å²) in [7, 11) is 12.4. The van der Waals surface area contributed by atoms with Crippen molar-refractivity contribution in [2.45, 2.75) is 187 Å². The van der Waals surface area contributed by atoms with Gasteiger partial charge in [0.05, 0.1) is 67.6 Å². The molecule has 11 heterocycles. The molecule has 13 rings (SSSR count). The summed E-state index contributed by atoms with van der Waals surface area (Å²) in [6.07, 6.45) is 9.33. The molecule has 0 saturated heterocycles. The van der Waals surface area contributed by atoms with Crippen LogP contribution in [0.3, 0.4) is 0 Å². The fraction of sp³-hybridized carbons (Fsp3) is 0.430. The number of imidazole rings is 2. The van der Waals surface area contributed by atoms with Crippen molar-refractivity contribution in [3.05, 3.63) is 189 Å². The van der Waals surface area contributed by atoms with Crippen LogP contribution in [0.15, 0.2) is 126 Å². The smallest absolute Gasteiger partial charge is 0.106 e. The highest BCUT2D eigenvalue weighted by Gasteiger charge is 2.10. The van der Waals surface area contributed by atoms with Gasteiger partial charge in [0.25, 0.3) is 0 Å². The van der Waals surface area contributed by atoms with E-state index in [1.807, 2.05) is 161 Å². The van der Waals surface area contributed by atoms with Gasteiger partial charge in [-0.15, -0.1) is 0 Å². The number of benzene rings is 2. The van der Waals surface area contributed by atoms with E-state index in [-0.39, 0.29) is 0 Å². The lowest BCUT2D eigenvalue weighted by molar-refractivity contribution is 0.880. The van der Waals surface area contributed by atoms with E-state index in [1.54, 1.807) is 6.20 Å². The molecule has 0 unspecified atom stereocenters. The molecule has 92 heavy (non-hydrogen) atoms. The van der Waals surface area contributed by atoms with Gasteiger partial charge in [-0.3, -0.25) is 24.9 Å². The number of rotatable bonds is 0. The van der Waals surface area contributed by atoms with Gasteiger partial charge in [-0.25, -0.2) is 9.97 Å². The molecule has 500 valence electrons. The molecule has 13 heteroatoms. The topological polar surface area (TPSA) is 119 Å². The van der Waals surface area contributed by atoms with Gasteiger partial charge in [0, 0.05) is 118 Å². The molecule has 0 bridgehead atoms. The van der Waals surface area contributed by atoms with Gasteiger partial charge in [-0.1, -0.05) is 113 Å². The highest BCUT2D eigenvalue weighted by Crippen LogP contribution is 2.24. The van der Waals surface area contributed by atoms with Crippen LogP contribution in [0.25, 0.3) is 65.8 Å². The first-order valence-corrected chi connectivity index (χ1v) is 33.4. The van der Waals surface area contributed by atoms with E-state index in [2.05, 4.69) is 234 Å². The second-order valence-electron chi connectivity index (χ2n) is 21.4. The predicted molar refractivity (Wildman–Crippen MR) is 406 cm³/mol. The zero-order valence-corrected chi connectivity index (χ0v) is 63.4. The minimum absolute atomic E-state index is 0.928. The van der Waals surface area contributed by atoms with Crippen molar-refractivity contribution in [1.82, 2.24) is 57.3 Å². The number of aryl methyl sites for hydroxylation is 18. The Morgan fingerprint density at radius 3 is 1.16 bits per heavy atom. The van der Waals surface area contributed by atoms with Crippen molar-refractivity contribution in [2.75, 3.05) is 6.54 Å². The van der Waals surface area contributed by atoms with Gasteiger partial charge in [-0.05, 0) is 186 Å². The SMILES string of the molecule is CC.CC.CC.CC.CC.CC.CC1=NCC(C)=C1C.Cc1cccc2cc(C)n(C)c12.Cc1cccc2nc(C)n(C)c12.Cc1ccnc2cc(C)n(C)c12.Cc1cncc2cc(C)n(C)c12.Cc1nccc2cc(C)n(C)c12.Cc1nccc2nc(C)n(C)c12. The highest BCUT2D eigenvalue weighted by atomic mass is 15.1. The Labute approximate surface area is 555 Å². The molecule has 0 N–H and O–H groups in total. The summed E-state index contributed by atoms with van der Waals surface area (Å²) >= 11 is 0. The van der Waals surface area contributed by atoms with E-state index in [0.717, 1.165) is 51.6 Å². The molecule has 2 aromatic carbocycles. The third kappa shape index (κ3) is 20.5. The van der Waals surface area contributed by atoms with E-state index in [0.29, 0.717) is 0 Å². The quantitative estimate of drug-likeness (QED) is 0.149. The summed E-state index contributed by atoms with van der Waals surface area (Å²) in [5, 5.41) is 3.85. The normalized spacial score (nSPS) is 10.6. The number of pyridine rings is 4. The van der Waals surface area contributed by atoms with Crippen molar-refractivity contribution in [2.24, 2.45) is 47.3 Å². The van der Waals surface area contributed by atoms with E-state index in [9.17, 15) is 0 Å². The molecule has 0 aliphatic carbocycles. The maximum absolute atomic E-state index is 4.44.